The van der Waals surface area contributed by atoms with Gasteiger partial charge in [0, 0.05) is 161 Å². The topological polar surface area (TPSA) is 190 Å². The summed E-state index contributed by atoms with van der Waals surface area (Å²) in [5.74, 6) is 1.63. The van der Waals surface area contributed by atoms with Crippen LogP contribution in [0.4, 0.5) is 0 Å². The second-order valence-electron chi connectivity index (χ2n) is 25.6. The molecule has 0 saturated heterocycles. The molecule has 0 unspecified atom stereocenters. The number of imidazole rings is 2. The number of halogens is 2. The van der Waals surface area contributed by atoms with Crippen LogP contribution in [0.25, 0.3) is 187 Å². The zero-order valence-electron chi connectivity index (χ0n) is 58.8. The monoisotopic (exact) mass is 1560 g/mol. The van der Waals surface area contributed by atoms with Gasteiger partial charge >= 0.3 is 19.5 Å². The van der Waals surface area contributed by atoms with Gasteiger partial charge in [0.1, 0.15) is 11.6 Å². The summed E-state index contributed by atoms with van der Waals surface area (Å²) in [6.07, 6.45) is 21.7. The predicted molar refractivity (Wildman–Crippen MR) is 436 cm³/mol. The van der Waals surface area contributed by atoms with E-state index in [1.54, 1.807) is 49.6 Å². The zero-order valence-corrected chi connectivity index (χ0v) is 62.0. The quantitative estimate of drug-likeness (QED) is 0.119. The van der Waals surface area contributed by atoms with Gasteiger partial charge in [-0.2, -0.15) is 0 Å². The molecule has 0 bridgehead atoms. The van der Waals surface area contributed by atoms with Crippen molar-refractivity contribution < 1.29 is 44.3 Å². The van der Waals surface area contributed by atoms with E-state index in [-0.39, 0.29) is 44.3 Å². The summed E-state index contributed by atoms with van der Waals surface area (Å²) in [7, 11) is 0. The van der Waals surface area contributed by atoms with Crippen LogP contribution in [0.3, 0.4) is 0 Å². The first kappa shape index (κ1) is 71.3. The average molecular weight is 1560 g/mol. The molecule has 19 heteroatoms. The van der Waals surface area contributed by atoms with Gasteiger partial charge in [-0.05, 0) is 127 Å². The molecule has 0 saturated carbocycles. The van der Waals surface area contributed by atoms with E-state index in [0.717, 1.165) is 187 Å². The first-order valence-corrected chi connectivity index (χ1v) is 35.3. The molecule has 0 fully saturated rings. The Morgan fingerprint density at radius 1 is 0.180 bits per heavy atom. The van der Waals surface area contributed by atoms with E-state index >= 15 is 0 Å². The molecule has 9 aromatic carbocycles. The summed E-state index contributed by atoms with van der Waals surface area (Å²) in [5, 5.41) is 13.0. The molecule has 528 valence electrons. The summed E-state index contributed by atoms with van der Waals surface area (Å²) in [6, 6.07) is 94.2. The number of hydrogen-bond donors (Lipinski definition) is 0. The van der Waals surface area contributed by atoms with Gasteiger partial charge < -0.3 is 24.8 Å². The number of pyridine rings is 12. The molecular weight excluding hydrogens is 1500 g/mol. The van der Waals surface area contributed by atoms with Crippen molar-refractivity contribution in [2.24, 2.45) is 0 Å². The smallest absolute Gasteiger partial charge is 1.00 e. The van der Waals surface area contributed by atoms with E-state index in [1.165, 1.54) is 0 Å². The van der Waals surface area contributed by atoms with Crippen LogP contribution >= 0.6 is 0 Å². The third-order valence-corrected chi connectivity index (χ3v) is 19.2. The Hall–Kier alpha value is -14.0. The fourth-order valence-electron chi connectivity index (χ4n) is 14.4. The summed E-state index contributed by atoms with van der Waals surface area (Å²) in [6.45, 7) is 0. The zero-order chi connectivity index (χ0) is 71.7. The molecule has 16 nitrogen and oxygen atoms in total. The Labute approximate surface area is 659 Å². The van der Waals surface area contributed by atoms with E-state index < -0.39 is 0 Å². The van der Waals surface area contributed by atoms with E-state index in [2.05, 4.69) is 243 Å². The molecule has 23 aromatic rings. The maximum absolute atomic E-state index is 5.43. The first-order chi connectivity index (χ1) is 53.6. The van der Waals surface area contributed by atoms with Crippen molar-refractivity contribution in [1.82, 2.24) is 78.9 Å². The summed E-state index contributed by atoms with van der Waals surface area (Å²) < 4.78 is 4.51. The molecule has 0 spiro atoms. The van der Waals surface area contributed by atoms with Crippen molar-refractivity contribution in [2.45, 2.75) is 0 Å². The van der Waals surface area contributed by atoms with E-state index in [0.29, 0.717) is 0 Å². The molecule has 0 aliphatic rings. The van der Waals surface area contributed by atoms with Gasteiger partial charge in [0.15, 0.2) is 0 Å². The van der Waals surface area contributed by atoms with E-state index in [1.807, 2.05) is 110 Å². The number of aromatic nitrogens is 16. The Bertz CT molecular complexity index is 6510. The van der Waals surface area contributed by atoms with Gasteiger partial charge in [0.2, 0.25) is 0 Å². The molecule has 0 aliphatic carbocycles. The number of fused-ring (bicyclic) bond motifs is 24. The normalized spacial score (nSPS) is 11.0. The average Bonchev–Trinajstić information content (AvgIpc) is 1.58. The largest absolute Gasteiger partial charge is 2.00 e. The second-order valence-corrected chi connectivity index (χ2v) is 25.6. The van der Waals surface area contributed by atoms with Crippen LogP contribution in [0, 0.1) is 0 Å². The Morgan fingerprint density at radius 3 is 0.649 bits per heavy atom. The minimum absolute atomic E-state index is 0. The SMILES string of the molecule is [Cl-].[Cl-].[Ru+2].c1ccc(-n2c(-c3cccc(-c4nc5c6cccnc6c6ncccc6c5n4-c4ccccc4)c3)nc3c4cccnc4c4ncccc4c32)cc1.c1cnc2c(c1)ccc1cccnc12.c1cnc2c(c1)ccc1cccnc12.c1cnc2c(c1)ccc1cccnc12.c1cnc2c(c1)ccc1cccnc12. The minimum Gasteiger partial charge on any atom is -1.00 e. The van der Waals surface area contributed by atoms with Crippen LogP contribution in [-0.4, -0.2) is 78.9 Å². The summed E-state index contributed by atoms with van der Waals surface area (Å²) in [5.41, 5.74) is 18.9. The van der Waals surface area contributed by atoms with Crippen LogP contribution in [-0.2, 0) is 19.5 Å². The Balaban J connectivity index is 0.000000127. The molecule has 111 heavy (non-hydrogen) atoms. The van der Waals surface area contributed by atoms with Crippen LogP contribution in [0.5, 0.6) is 0 Å². The van der Waals surface area contributed by atoms with Crippen molar-refractivity contribution in [3.8, 4) is 34.2 Å². The minimum atomic E-state index is 0. The van der Waals surface area contributed by atoms with Crippen molar-refractivity contribution >= 4 is 153 Å². The molecule has 0 amide bonds. The molecule has 23 rings (SSSR count). The molecule has 14 aromatic heterocycles. The third kappa shape index (κ3) is 13.4. The van der Waals surface area contributed by atoms with Crippen molar-refractivity contribution in [1.29, 1.82) is 0 Å². The Kier molecular flexibility index (Phi) is 20.2. The van der Waals surface area contributed by atoms with Crippen molar-refractivity contribution in [3.63, 3.8) is 0 Å². The number of rotatable bonds is 4. The number of hydrogen-bond acceptors (Lipinski definition) is 14. The number of benzene rings is 9. The van der Waals surface area contributed by atoms with Gasteiger partial charge in [-0.15, -0.1) is 0 Å². The number of para-hydroxylation sites is 2. The second kappa shape index (κ2) is 31.5. The predicted octanol–water partition coefficient (Wildman–Crippen LogP) is 15.0. The standard InChI is InChI=1S/C44H26N8.4C12H8N2.2ClH.Ru/c1-3-14-29(15-4-1)51-41-33-20-10-24-47-37(33)35-31(18-8-22-45-35)39(41)49-43(51)27-12-7-13-28(26-27)44-50-40-32-19-9-23-46-36(32)38-34(21-11-25-48-38)42(40)52(44)30-16-5-2-6-17-30;4*1-3-9-5-6-10-4-2-8-14-12(10)11(9)13-7-1;;;/h1-26H;4*1-8H;2*1H;/q;;;;;;;+2/p-2. The molecule has 0 radical (unpaired) electrons. The fourth-order valence-corrected chi connectivity index (χ4v) is 14.4. The van der Waals surface area contributed by atoms with Crippen LogP contribution < -0.4 is 24.8 Å². The van der Waals surface area contributed by atoms with Crippen LogP contribution in [0.2, 0.25) is 0 Å². The van der Waals surface area contributed by atoms with Gasteiger partial charge in [0.05, 0.1) is 88.3 Å². The maximum Gasteiger partial charge on any atom is 2.00 e. The number of nitrogens with zero attached hydrogens (tertiary/aromatic N) is 16. The molecule has 0 atom stereocenters. The fraction of sp³-hybridized carbons (Fsp3) is 0. The molecular formula is C92H58Cl2N16Ru. The molecule has 0 N–H and O–H groups in total. The van der Waals surface area contributed by atoms with Crippen molar-refractivity contribution in [3.05, 3.63) is 353 Å². The van der Waals surface area contributed by atoms with E-state index in [4.69, 9.17) is 29.9 Å². The Morgan fingerprint density at radius 2 is 0.396 bits per heavy atom. The van der Waals surface area contributed by atoms with Gasteiger partial charge in [-0.1, -0.05) is 152 Å². The van der Waals surface area contributed by atoms with Crippen molar-refractivity contribution in [2.75, 3.05) is 0 Å². The maximum atomic E-state index is 5.43. The third-order valence-electron chi connectivity index (χ3n) is 19.2. The van der Waals surface area contributed by atoms with Gasteiger partial charge in [0.25, 0.3) is 0 Å². The summed E-state index contributed by atoms with van der Waals surface area (Å²) in [4.78, 5) is 64.8. The molecule has 0 aliphatic heterocycles. The first-order valence-electron chi connectivity index (χ1n) is 35.3. The van der Waals surface area contributed by atoms with Gasteiger partial charge in [-0.3, -0.25) is 68.9 Å². The van der Waals surface area contributed by atoms with Crippen LogP contribution in [0.15, 0.2) is 353 Å². The van der Waals surface area contributed by atoms with E-state index in [9.17, 15) is 0 Å². The summed E-state index contributed by atoms with van der Waals surface area (Å²) >= 11 is 0. The van der Waals surface area contributed by atoms with Gasteiger partial charge in [-0.25, -0.2) is 9.97 Å². The molecule has 14 heterocycles. The van der Waals surface area contributed by atoms with Crippen LogP contribution in [0.1, 0.15) is 0 Å².